The van der Waals surface area contributed by atoms with Crippen molar-refractivity contribution in [2.45, 2.75) is 18.5 Å². The van der Waals surface area contributed by atoms with Crippen molar-refractivity contribution in [1.82, 2.24) is 14.7 Å². The van der Waals surface area contributed by atoms with E-state index in [1.54, 1.807) is 6.92 Å². The molecule has 1 aromatic rings. The molecule has 0 aliphatic rings. The number of hydrogen-bond donors (Lipinski definition) is 1. The van der Waals surface area contributed by atoms with Gasteiger partial charge in [0.25, 0.3) is 10.0 Å². The van der Waals surface area contributed by atoms with Gasteiger partial charge in [-0.15, -0.1) is 0 Å². The highest BCUT2D eigenvalue weighted by atomic mass is 32.2. The predicted octanol–water partition coefficient (Wildman–Crippen LogP) is -0.599. The van der Waals surface area contributed by atoms with E-state index in [0.29, 0.717) is 18.8 Å². The number of primary sulfonamides is 1. The van der Waals surface area contributed by atoms with Crippen LogP contribution in [0.3, 0.4) is 0 Å². The number of rotatable bonds is 4. The summed E-state index contributed by atoms with van der Waals surface area (Å²) in [7, 11) is 0.141. The maximum absolute atomic E-state index is 11.2. The molecule has 2 N–H and O–H groups in total. The van der Waals surface area contributed by atoms with Gasteiger partial charge in [0.05, 0.1) is 12.2 Å². The second kappa shape index (κ2) is 4.30. The van der Waals surface area contributed by atoms with Crippen molar-refractivity contribution in [3.05, 3.63) is 11.8 Å². The maximum atomic E-state index is 11.2. The summed E-state index contributed by atoms with van der Waals surface area (Å²) in [5, 5.41) is 9.23. The molecular weight excluding hydrogens is 216 g/mol. The molecule has 0 saturated heterocycles. The number of aromatic nitrogens is 2. The van der Waals surface area contributed by atoms with Crippen LogP contribution in [0.4, 0.5) is 0 Å². The Morgan fingerprint density at radius 2 is 2.13 bits per heavy atom. The lowest BCUT2D eigenvalue weighted by Gasteiger charge is -2.10. The molecule has 0 fully saturated rings. The molecule has 7 heteroatoms. The smallest absolute Gasteiger partial charge is 0.255 e. The summed E-state index contributed by atoms with van der Waals surface area (Å²) in [5.74, 6) is 0. The molecule has 1 rings (SSSR count). The first kappa shape index (κ1) is 12.2. The number of nitrogens with zero attached hydrogens (tertiary/aromatic N) is 3. The largest absolute Gasteiger partial charge is 0.308 e. The molecule has 1 aromatic heterocycles. The molecule has 0 amide bonds. The molecule has 0 bridgehead atoms. The van der Waals surface area contributed by atoms with Gasteiger partial charge in [-0.3, -0.25) is 4.68 Å². The topological polar surface area (TPSA) is 81.2 Å². The van der Waals surface area contributed by atoms with Gasteiger partial charge >= 0.3 is 0 Å². The Morgan fingerprint density at radius 3 is 2.60 bits per heavy atom. The van der Waals surface area contributed by atoms with Gasteiger partial charge in [-0.2, -0.15) is 5.10 Å². The van der Waals surface area contributed by atoms with E-state index in [-0.39, 0.29) is 5.03 Å². The van der Waals surface area contributed by atoms with Gasteiger partial charge in [-0.1, -0.05) is 0 Å². The van der Waals surface area contributed by atoms with Crippen LogP contribution in [0.1, 0.15) is 5.69 Å². The first-order valence-corrected chi connectivity index (χ1v) is 6.07. The lowest BCUT2D eigenvalue weighted by atomic mass is 10.5. The summed E-state index contributed by atoms with van der Waals surface area (Å²) >= 11 is 0. The molecule has 0 unspecified atom stereocenters. The molecule has 1 heterocycles. The van der Waals surface area contributed by atoms with Gasteiger partial charge < -0.3 is 4.90 Å². The van der Waals surface area contributed by atoms with Gasteiger partial charge in [0.15, 0.2) is 5.03 Å². The van der Waals surface area contributed by atoms with Crippen LogP contribution in [0.25, 0.3) is 0 Å². The highest BCUT2D eigenvalue weighted by Gasteiger charge is 2.15. The third-order valence-electron chi connectivity index (χ3n) is 1.92. The molecule has 0 aliphatic carbocycles. The summed E-state index contributed by atoms with van der Waals surface area (Å²) < 4.78 is 23.9. The van der Waals surface area contributed by atoms with Crippen LogP contribution in [0.5, 0.6) is 0 Å². The van der Waals surface area contributed by atoms with Crippen molar-refractivity contribution in [3.63, 3.8) is 0 Å². The fourth-order valence-corrected chi connectivity index (χ4v) is 1.97. The number of nitrogens with two attached hydrogens (primary N) is 1. The number of aryl methyl sites for hydroxylation is 1. The summed E-state index contributed by atoms with van der Waals surface area (Å²) in [4.78, 5) is 1.95. The van der Waals surface area contributed by atoms with Crippen LogP contribution in [-0.4, -0.2) is 43.7 Å². The summed E-state index contributed by atoms with van der Waals surface area (Å²) in [5.41, 5.74) is 0.651. The van der Waals surface area contributed by atoms with E-state index in [1.165, 1.54) is 10.7 Å². The molecule has 6 nitrogen and oxygen atoms in total. The number of likely N-dealkylation sites (N-methyl/N-ethyl adjacent to an activating group) is 1. The van der Waals surface area contributed by atoms with Crippen molar-refractivity contribution in [2.24, 2.45) is 5.14 Å². The molecule has 0 radical (unpaired) electrons. The Hall–Kier alpha value is -0.920. The highest BCUT2D eigenvalue weighted by Crippen LogP contribution is 2.08. The van der Waals surface area contributed by atoms with E-state index < -0.39 is 10.0 Å². The van der Waals surface area contributed by atoms with Crippen molar-refractivity contribution in [2.75, 3.05) is 20.6 Å². The highest BCUT2D eigenvalue weighted by molar-refractivity contribution is 7.89. The van der Waals surface area contributed by atoms with Gasteiger partial charge in [0.1, 0.15) is 0 Å². The first-order chi connectivity index (χ1) is 6.80. The third-order valence-corrected chi connectivity index (χ3v) is 2.83. The number of hydrogen-bond acceptors (Lipinski definition) is 4. The Labute approximate surface area is 89.7 Å². The zero-order chi connectivity index (χ0) is 11.6. The van der Waals surface area contributed by atoms with E-state index >= 15 is 0 Å². The van der Waals surface area contributed by atoms with Gasteiger partial charge in [-0.05, 0) is 27.1 Å². The minimum absolute atomic E-state index is 0.0712. The van der Waals surface area contributed by atoms with E-state index in [1.807, 2.05) is 19.0 Å². The third kappa shape index (κ3) is 3.29. The van der Waals surface area contributed by atoms with E-state index in [9.17, 15) is 8.42 Å². The Morgan fingerprint density at radius 1 is 1.53 bits per heavy atom. The van der Waals surface area contributed by atoms with Crippen molar-refractivity contribution >= 4 is 10.0 Å². The predicted molar refractivity (Wildman–Crippen MR) is 56.9 cm³/mol. The first-order valence-electron chi connectivity index (χ1n) is 4.52. The Kier molecular flexibility index (Phi) is 3.48. The van der Waals surface area contributed by atoms with Crippen LogP contribution in [-0.2, 0) is 16.6 Å². The molecule has 0 aliphatic heterocycles. The van der Waals surface area contributed by atoms with Crippen molar-refractivity contribution in [3.8, 4) is 0 Å². The molecule has 0 spiro atoms. The lowest BCUT2D eigenvalue weighted by Crippen LogP contribution is -2.23. The minimum Gasteiger partial charge on any atom is -0.308 e. The second-order valence-electron chi connectivity index (χ2n) is 3.70. The number of sulfonamides is 1. The van der Waals surface area contributed by atoms with Crippen molar-refractivity contribution < 1.29 is 8.42 Å². The normalized spacial score (nSPS) is 12.3. The molecule has 86 valence electrons. The maximum Gasteiger partial charge on any atom is 0.255 e. The van der Waals surface area contributed by atoms with E-state index in [2.05, 4.69) is 5.10 Å². The molecule has 0 atom stereocenters. The molecule has 15 heavy (non-hydrogen) atoms. The van der Waals surface area contributed by atoms with Gasteiger partial charge in [0, 0.05) is 6.54 Å². The zero-order valence-corrected chi connectivity index (χ0v) is 9.95. The van der Waals surface area contributed by atoms with Crippen LogP contribution in [0.2, 0.25) is 0 Å². The summed E-state index contributed by atoms with van der Waals surface area (Å²) in [6.07, 6.45) is 0. The van der Waals surface area contributed by atoms with E-state index in [0.717, 1.165) is 0 Å². The quantitative estimate of drug-likeness (QED) is 0.751. The molecular formula is C8H16N4O2S. The fourth-order valence-electron chi connectivity index (χ4n) is 1.21. The average Bonchev–Trinajstić information content (AvgIpc) is 2.42. The SMILES string of the molecule is Cc1cc(S(N)(=O)=O)n(CCN(C)C)n1. The Bertz CT molecular complexity index is 435. The van der Waals surface area contributed by atoms with Crippen LogP contribution >= 0.6 is 0 Å². The zero-order valence-electron chi connectivity index (χ0n) is 9.14. The van der Waals surface area contributed by atoms with Crippen LogP contribution < -0.4 is 5.14 Å². The van der Waals surface area contributed by atoms with Gasteiger partial charge in [-0.25, -0.2) is 13.6 Å². The van der Waals surface area contributed by atoms with Crippen molar-refractivity contribution in [1.29, 1.82) is 0 Å². The molecule has 0 aromatic carbocycles. The summed E-state index contributed by atoms with van der Waals surface area (Å²) in [6, 6.07) is 1.48. The summed E-state index contributed by atoms with van der Waals surface area (Å²) in [6.45, 7) is 2.96. The Balaban J connectivity index is 2.97. The second-order valence-corrected chi connectivity index (χ2v) is 5.20. The minimum atomic E-state index is -3.68. The average molecular weight is 232 g/mol. The molecule has 0 saturated carbocycles. The standard InChI is InChI=1S/C8H16N4O2S/c1-7-6-8(15(9,13)14)12(10-7)5-4-11(2)3/h6H,4-5H2,1-3H3,(H2,9,13,14). The van der Waals surface area contributed by atoms with E-state index in [4.69, 9.17) is 5.14 Å². The van der Waals surface area contributed by atoms with Crippen LogP contribution in [0.15, 0.2) is 11.1 Å². The van der Waals surface area contributed by atoms with Crippen LogP contribution in [0, 0.1) is 6.92 Å². The fraction of sp³-hybridized carbons (Fsp3) is 0.625. The lowest BCUT2D eigenvalue weighted by molar-refractivity contribution is 0.363. The van der Waals surface area contributed by atoms with Gasteiger partial charge in [0.2, 0.25) is 0 Å². The monoisotopic (exact) mass is 232 g/mol.